The molecule has 0 aliphatic heterocycles. The molecule has 1 aromatic heterocycles. The lowest BCUT2D eigenvalue weighted by Crippen LogP contribution is -2.27. The third-order valence-corrected chi connectivity index (χ3v) is 7.12. The van der Waals surface area contributed by atoms with Crippen molar-refractivity contribution in [1.82, 2.24) is 20.2 Å². The minimum atomic E-state index is -0.451. The molecule has 190 valence electrons. The number of para-hydroxylation sites is 1. The van der Waals surface area contributed by atoms with E-state index >= 15 is 0 Å². The van der Waals surface area contributed by atoms with Gasteiger partial charge in [-0.25, -0.2) is 5.43 Å². The molecular weight excluding hydrogens is 516 g/mol. The van der Waals surface area contributed by atoms with E-state index in [1.807, 2.05) is 102 Å². The van der Waals surface area contributed by atoms with Crippen molar-refractivity contribution in [3.8, 4) is 5.69 Å². The van der Waals surface area contributed by atoms with Gasteiger partial charge in [-0.05, 0) is 65.7 Å². The number of hydrogen-bond donors (Lipinski definition) is 2. The predicted molar refractivity (Wildman–Crippen MR) is 155 cm³/mol. The van der Waals surface area contributed by atoms with Crippen molar-refractivity contribution >= 4 is 51.9 Å². The number of anilines is 1. The molecule has 0 saturated heterocycles. The Morgan fingerprint density at radius 3 is 2.50 bits per heavy atom. The molecule has 0 radical (unpaired) electrons. The summed E-state index contributed by atoms with van der Waals surface area (Å²) in [5.41, 5.74) is 5.39. The van der Waals surface area contributed by atoms with Crippen LogP contribution in [0, 0.1) is 0 Å². The van der Waals surface area contributed by atoms with Gasteiger partial charge in [0.05, 0.1) is 18.0 Å². The average molecular weight is 541 g/mol. The number of nitrogens with one attached hydrogen (secondary N) is 2. The van der Waals surface area contributed by atoms with Gasteiger partial charge in [-0.1, -0.05) is 78.0 Å². The lowest BCUT2D eigenvalue weighted by molar-refractivity contribution is -0.120. The third-order valence-electron chi connectivity index (χ3n) is 5.82. The number of hydrogen-bond acceptors (Lipinski definition) is 6. The highest BCUT2D eigenvalue weighted by atomic mass is 35.5. The van der Waals surface area contributed by atoms with Crippen molar-refractivity contribution < 1.29 is 4.79 Å². The van der Waals surface area contributed by atoms with Crippen LogP contribution in [-0.4, -0.2) is 32.1 Å². The number of thioether (sulfide) groups is 1. The number of aromatic nitrogens is 3. The molecule has 0 aliphatic rings. The van der Waals surface area contributed by atoms with E-state index in [2.05, 4.69) is 32.1 Å². The standard InChI is InChI=1S/C29H25ClN6OS/c1-20(28(37)34-32-18-21-11-12-22-7-5-6-8-23(22)17-21)38-29-35-33-27(36(29)26-9-3-2-4-10-26)19-31-25-15-13-24(30)14-16-25/h2-18,20,31H,19H2,1H3,(H,34,37)/t20-/m0/s1. The zero-order chi connectivity index (χ0) is 26.3. The Morgan fingerprint density at radius 2 is 1.71 bits per heavy atom. The second kappa shape index (κ2) is 11.9. The predicted octanol–water partition coefficient (Wildman–Crippen LogP) is 6.32. The van der Waals surface area contributed by atoms with Crippen molar-refractivity contribution in [2.75, 3.05) is 5.32 Å². The van der Waals surface area contributed by atoms with Crippen LogP contribution in [0.5, 0.6) is 0 Å². The molecule has 0 spiro atoms. The van der Waals surface area contributed by atoms with Crippen molar-refractivity contribution in [3.63, 3.8) is 0 Å². The fraction of sp³-hybridized carbons (Fsp3) is 0.103. The molecule has 0 aliphatic carbocycles. The van der Waals surface area contributed by atoms with E-state index in [-0.39, 0.29) is 5.91 Å². The summed E-state index contributed by atoms with van der Waals surface area (Å²) in [6, 6.07) is 31.5. The zero-order valence-electron chi connectivity index (χ0n) is 20.6. The fourth-order valence-corrected chi connectivity index (χ4v) is 4.84. The van der Waals surface area contributed by atoms with Gasteiger partial charge in [-0.15, -0.1) is 10.2 Å². The molecule has 5 rings (SSSR count). The van der Waals surface area contributed by atoms with E-state index in [0.29, 0.717) is 16.7 Å². The zero-order valence-corrected chi connectivity index (χ0v) is 22.2. The van der Waals surface area contributed by atoms with Crippen LogP contribution in [0.15, 0.2) is 107 Å². The first kappa shape index (κ1) is 25.5. The third kappa shape index (κ3) is 6.22. The first-order chi connectivity index (χ1) is 18.6. The van der Waals surface area contributed by atoms with Gasteiger partial charge in [-0.3, -0.25) is 9.36 Å². The summed E-state index contributed by atoms with van der Waals surface area (Å²) in [5, 5.41) is 19.4. The van der Waals surface area contributed by atoms with Crippen LogP contribution in [-0.2, 0) is 11.3 Å². The molecule has 9 heteroatoms. The highest BCUT2D eigenvalue weighted by Gasteiger charge is 2.21. The minimum Gasteiger partial charge on any atom is -0.378 e. The molecule has 0 unspecified atom stereocenters. The summed E-state index contributed by atoms with van der Waals surface area (Å²) in [6.07, 6.45) is 1.65. The molecule has 2 N–H and O–H groups in total. The molecule has 1 amide bonds. The molecule has 7 nitrogen and oxygen atoms in total. The van der Waals surface area contributed by atoms with Gasteiger partial charge in [0, 0.05) is 16.4 Å². The summed E-state index contributed by atoms with van der Waals surface area (Å²) in [7, 11) is 0. The Kier molecular flexibility index (Phi) is 8.01. The van der Waals surface area contributed by atoms with Crippen molar-refractivity contribution in [2.45, 2.75) is 23.9 Å². The van der Waals surface area contributed by atoms with E-state index in [0.717, 1.165) is 33.5 Å². The van der Waals surface area contributed by atoms with E-state index in [1.54, 1.807) is 6.21 Å². The van der Waals surface area contributed by atoms with Crippen molar-refractivity contribution in [2.24, 2.45) is 5.10 Å². The lowest BCUT2D eigenvalue weighted by Gasteiger charge is -2.13. The normalized spacial score (nSPS) is 12.1. The van der Waals surface area contributed by atoms with Gasteiger partial charge in [0.1, 0.15) is 0 Å². The van der Waals surface area contributed by atoms with Crippen LogP contribution in [0.2, 0.25) is 5.02 Å². The van der Waals surface area contributed by atoms with E-state index in [9.17, 15) is 4.79 Å². The van der Waals surface area contributed by atoms with Gasteiger partial charge in [-0.2, -0.15) is 5.10 Å². The lowest BCUT2D eigenvalue weighted by atomic mass is 10.1. The Hall–Kier alpha value is -4.14. The number of benzene rings is 4. The monoisotopic (exact) mass is 540 g/mol. The maximum atomic E-state index is 12.8. The smallest absolute Gasteiger partial charge is 0.253 e. The van der Waals surface area contributed by atoms with Crippen molar-refractivity contribution in [1.29, 1.82) is 0 Å². The highest BCUT2D eigenvalue weighted by Crippen LogP contribution is 2.26. The minimum absolute atomic E-state index is 0.226. The Bertz CT molecular complexity index is 1570. The number of rotatable bonds is 9. The summed E-state index contributed by atoms with van der Waals surface area (Å²) in [6.45, 7) is 2.27. The molecule has 1 heterocycles. The summed E-state index contributed by atoms with van der Waals surface area (Å²) < 4.78 is 1.95. The number of nitrogens with zero attached hydrogens (tertiary/aromatic N) is 4. The van der Waals surface area contributed by atoms with Crippen molar-refractivity contribution in [3.05, 3.63) is 113 Å². The first-order valence-corrected chi connectivity index (χ1v) is 13.3. The molecule has 38 heavy (non-hydrogen) atoms. The quantitative estimate of drug-likeness (QED) is 0.130. The number of hydrazone groups is 1. The second-order valence-electron chi connectivity index (χ2n) is 8.53. The second-order valence-corrected chi connectivity index (χ2v) is 10.3. The highest BCUT2D eigenvalue weighted by molar-refractivity contribution is 8.00. The van der Waals surface area contributed by atoms with Gasteiger partial charge >= 0.3 is 0 Å². The van der Waals surface area contributed by atoms with Crippen LogP contribution in [0.4, 0.5) is 5.69 Å². The number of fused-ring (bicyclic) bond motifs is 1. The van der Waals surface area contributed by atoms with Gasteiger partial charge in [0.2, 0.25) is 0 Å². The largest absolute Gasteiger partial charge is 0.378 e. The van der Waals surface area contributed by atoms with Gasteiger partial charge in [0.15, 0.2) is 11.0 Å². The number of carbonyl (C=O) groups excluding carboxylic acids is 1. The van der Waals surface area contributed by atoms with E-state index in [1.165, 1.54) is 11.8 Å². The number of amides is 1. The molecule has 0 fully saturated rings. The molecule has 0 saturated carbocycles. The number of halogens is 1. The van der Waals surface area contributed by atoms with Gasteiger partial charge < -0.3 is 5.32 Å². The summed E-state index contributed by atoms with van der Waals surface area (Å²) >= 11 is 7.32. The van der Waals surface area contributed by atoms with E-state index < -0.39 is 5.25 Å². The first-order valence-electron chi connectivity index (χ1n) is 12.0. The SMILES string of the molecule is C[C@H](Sc1nnc(CNc2ccc(Cl)cc2)n1-c1ccccc1)C(=O)NN=Cc1ccc2ccccc2c1. The molecule has 4 aromatic carbocycles. The van der Waals surface area contributed by atoms with Crippen LogP contribution in [0.1, 0.15) is 18.3 Å². The maximum absolute atomic E-state index is 12.8. The fourth-order valence-electron chi connectivity index (χ4n) is 3.84. The Morgan fingerprint density at radius 1 is 0.974 bits per heavy atom. The maximum Gasteiger partial charge on any atom is 0.253 e. The summed E-state index contributed by atoms with van der Waals surface area (Å²) in [4.78, 5) is 12.8. The molecular formula is C29H25ClN6OS. The van der Waals surface area contributed by atoms with Gasteiger partial charge in [0.25, 0.3) is 5.91 Å². The van der Waals surface area contributed by atoms with Crippen LogP contribution >= 0.6 is 23.4 Å². The van der Waals surface area contributed by atoms with Crippen LogP contribution < -0.4 is 10.7 Å². The summed E-state index contributed by atoms with van der Waals surface area (Å²) in [5.74, 6) is 0.492. The number of carbonyl (C=O) groups is 1. The topological polar surface area (TPSA) is 84.2 Å². The Labute approximate surface area is 229 Å². The average Bonchev–Trinajstić information content (AvgIpc) is 3.35. The van der Waals surface area contributed by atoms with Crippen LogP contribution in [0.25, 0.3) is 16.5 Å². The molecule has 5 aromatic rings. The molecule has 0 bridgehead atoms. The van der Waals surface area contributed by atoms with E-state index in [4.69, 9.17) is 11.6 Å². The molecule has 1 atom stereocenters. The Balaban J connectivity index is 1.27. The van der Waals surface area contributed by atoms with Crippen LogP contribution in [0.3, 0.4) is 0 Å².